The van der Waals surface area contributed by atoms with Crippen LogP contribution in [0.25, 0.3) is 0 Å². The first kappa shape index (κ1) is 14.0. The smallest absolute Gasteiger partial charge is 0.238 e. The van der Waals surface area contributed by atoms with Gasteiger partial charge in [0, 0.05) is 16.7 Å². The van der Waals surface area contributed by atoms with Gasteiger partial charge in [0.25, 0.3) is 0 Å². The molecule has 0 radical (unpaired) electrons. The van der Waals surface area contributed by atoms with E-state index in [4.69, 9.17) is 5.14 Å². The van der Waals surface area contributed by atoms with Crippen LogP contribution in [0.5, 0.6) is 0 Å². The van der Waals surface area contributed by atoms with E-state index in [2.05, 4.69) is 21.2 Å². The SMILES string of the molecule is NS(=O)(=O)c1cccc(NCc2cccc(Br)c2)c1. The third kappa shape index (κ3) is 4.05. The molecular weight excluding hydrogens is 328 g/mol. The van der Waals surface area contributed by atoms with E-state index in [-0.39, 0.29) is 4.90 Å². The summed E-state index contributed by atoms with van der Waals surface area (Å²) in [4.78, 5) is 0.103. The number of rotatable bonds is 4. The summed E-state index contributed by atoms with van der Waals surface area (Å²) in [5.74, 6) is 0. The van der Waals surface area contributed by atoms with Crippen molar-refractivity contribution in [2.45, 2.75) is 11.4 Å². The second kappa shape index (κ2) is 5.73. The predicted octanol–water partition coefficient (Wildman–Crippen LogP) is 2.71. The first-order valence-corrected chi connectivity index (χ1v) is 7.90. The standard InChI is InChI=1S/C13H13BrN2O2S/c14-11-4-1-3-10(7-11)9-16-12-5-2-6-13(8-12)19(15,17)18/h1-8,16H,9H2,(H2,15,17,18). The highest BCUT2D eigenvalue weighted by Gasteiger charge is 2.07. The Kier molecular flexibility index (Phi) is 4.24. The molecule has 0 aromatic heterocycles. The third-order valence-electron chi connectivity index (χ3n) is 2.55. The molecular formula is C13H13BrN2O2S. The molecule has 0 fully saturated rings. The van der Waals surface area contributed by atoms with E-state index in [0.717, 1.165) is 10.0 Å². The molecule has 100 valence electrons. The summed E-state index contributed by atoms with van der Waals surface area (Å²) in [6, 6.07) is 14.3. The Morgan fingerprint density at radius 2 is 1.84 bits per heavy atom. The van der Waals surface area contributed by atoms with Gasteiger partial charge in [-0.25, -0.2) is 13.6 Å². The van der Waals surface area contributed by atoms with Crippen molar-refractivity contribution in [3.63, 3.8) is 0 Å². The van der Waals surface area contributed by atoms with Crippen LogP contribution in [-0.4, -0.2) is 8.42 Å². The molecule has 0 spiro atoms. The van der Waals surface area contributed by atoms with Crippen LogP contribution >= 0.6 is 15.9 Å². The van der Waals surface area contributed by atoms with Crippen LogP contribution in [0.1, 0.15) is 5.56 Å². The van der Waals surface area contributed by atoms with Crippen LogP contribution in [-0.2, 0) is 16.6 Å². The molecule has 0 heterocycles. The quantitative estimate of drug-likeness (QED) is 0.898. The lowest BCUT2D eigenvalue weighted by Gasteiger charge is -2.08. The lowest BCUT2D eigenvalue weighted by molar-refractivity contribution is 0.598. The Morgan fingerprint density at radius 1 is 1.11 bits per heavy atom. The zero-order valence-corrected chi connectivity index (χ0v) is 12.4. The summed E-state index contributed by atoms with van der Waals surface area (Å²) in [5, 5.41) is 8.25. The van der Waals surface area contributed by atoms with Gasteiger partial charge in [0.05, 0.1) is 4.90 Å². The number of halogens is 1. The minimum absolute atomic E-state index is 0.103. The highest BCUT2D eigenvalue weighted by Crippen LogP contribution is 2.16. The molecule has 0 aliphatic carbocycles. The topological polar surface area (TPSA) is 72.2 Å². The van der Waals surface area contributed by atoms with Gasteiger partial charge in [-0.05, 0) is 35.9 Å². The van der Waals surface area contributed by atoms with Gasteiger partial charge in [0.2, 0.25) is 10.0 Å². The molecule has 0 aliphatic heterocycles. The number of benzene rings is 2. The number of nitrogens with one attached hydrogen (secondary N) is 1. The average molecular weight is 341 g/mol. The zero-order chi connectivity index (χ0) is 13.9. The van der Waals surface area contributed by atoms with Crippen LogP contribution in [0.4, 0.5) is 5.69 Å². The Morgan fingerprint density at radius 3 is 2.53 bits per heavy atom. The fourth-order valence-electron chi connectivity index (χ4n) is 1.63. The molecule has 2 rings (SSSR count). The van der Waals surface area contributed by atoms with E-state index >= 15 is 0 Å². The molecule has 0 saturated carbocycles. The van der Waals surface area contributed by atoms with E-state index in [9.17, 15) is 8.42 Å². The minimum Gasteiger partial charge on any atom is -0.381 e. The van der Waals surface area contributed by atoms with Crippen LogP contribution in [0.3, 0.4) is 0 Å². The maximum Gasteiger partial charge on any atom is 0.238 e. The lowest BCUT2D eigenvalue weighted by atomic mass is 10.2. The van der Waals surface area contributed by atoms with E-state index in [0.29, 0.717) is 12.2 Å². The fraction of sp³-hybridized carbons (Fsp3) is 0.0769. The van der Waals surface area contributed by atoms with Gasteiger partial charge in [0.15, 0.2) is 0 Å². The van der Waals surface area contributed by atoms with Crippen LogP contribution in [0.2, 0.25) is 0 Å². The number of hydrogen-bond donors (Lipinski definition) is 2. The summed E-state index contributed by atoms with van der Waals surface area (Å²) in [6.07, 6.45) is 0. The third-order valence-corrected chi connectivity index (χ3v) is 3.95. The summed E-state index contributed by atoms with van der Waals surface area (Å²) < 4.78 is 23.5. The second-order valence-electron chi connectivity index (χ2n) is 4.06. The van der Waals surface area contributed by atoms with Gasteiger partial charge in [-0.1, -0.05) is 34.1 Å². The summed E-state index contributed by atoms with van der Waals surface area (Å²) in [7, 11) is -3.66. The van der Waals surface area contributed by atoms with Gasteiger partial charge in [-0.15, -0.1) is 0 Å². The van der Waals surface area contributed by atoms with Crippen molar-refractivity contribution in [2.75, 3.05) is 5.32 Å². The number of primary sulfonamides is 1. The van der Waals surface area contributed by atoms with Crippen LogP contribution in [0, 0.1) is 0 Å². The lowest BCUT2D eigenvalue weighted by Crippen LogP contribution is -2.12. The Hall–Kier alpha value is -1.37. The van der Waals surface area contributed by atoms with Crippen molar-refractivity contribution >= 4 is 31.6 Å². The molecule has 0 atom stereocenters. The van der Waals surface area contributed by atoms with E-state index in [1.165, 1.54) is 12.1 Å². The van der Waals surface area contributed by atoms with Crippen molar-refractivity contribution < 1.29 is 8.42 Å². The maximum atomic E-state index is 11.2. The van der Waals surface area contributed by atoms with Gasteiger partial charge < -0.3 is 5.32 Å². The Bertz CT molecular complexity index is 687. The second-order valence-corrected chi connectivity index (χ2v) is 6.53. The number of nitrogens with two attached hydrogens (primary N) is 1. The van der Waals surface area contributed by atoms with Crippen molar-refractivity contribution in [1.82, 2.24) is 0 Å². The van der Waals surface area contributed by atoms with Crippen molar-refractivity contribution in [1.29, 1.82) is 0 Å². The van der Waals surface area contributed by atoms with Crippen molar-refractivity contribution in [3.8, 4) is 0 Å². The monoisotopic (exact) mass is 340 g/mol. The van der Waals surface area contributed by atoms with Gasteiger partial charge in [0.1, 0.15) is 0 Å². The molecule has 0 aliphatic rings. The predicted molar refractivity (Wildman–Crippen MR) is 79.3 cm³/mol. The highest BCUT2D eigenvalue weighted by atomic mass is 79.9. The van der Waals surface area contributed by atoms with E-state index < -0.39 is 10.0 Å². The Balaban J connectivity index is 2.12. The summed E-state index contributed by atoms with van der Waals surface area (Å²) >= 11 is 3.40. The number of sulfonamides is 1. The normalized spacial score (nSPS) is 11.3. The van der Waals surface area contributed by atoms with Crippen LogP contribution < -0.4 is 10.5 Å². The highest BCUT2D eigenvalue weighted by molar-refractivity contribution is 9.10. The number of hydrogen-bond acceptors (Lipinski definition) is 3. The average Bonchev–Trinajstić information content (AvgIpc) is 2.36. The molecule has 0 saturated heterocycles. The van der Waals surface area contributed by atoms with Crippen LogP contribution in [0.15, 0.2) is 57.9 Å². The molecule has 2 aromatic carbocycles. The van der Waals surface area contributed by atoms with Gasteiger partial charge in [-0.2, -0.15) is 0 Å². The number of anilines is 1. The molecule has 0 amide bonds. The van der Waals surface area contributed by atoms with E-state index in [1.807, 2.05) is 24.3 Å². The molecule has 6 heteroatoms. The summed E-state index contributed by atoms with van der Waals surface area (Å²) in [5.41, 5.74) is 1.81. The first-order valence-electron chi connectivity index (χ1n) is 5.56. The summed E-state index contributed by atoms with van der Waals surface area (Å²) in [6.45, 7) is 0.605. The molecule has 3 N–H and O–H groups in total. The maximum absolute atomic E-state index is 11.2. The minimum atomic E-state index is -3.66. The van der Waals surface area contributed by atoms with Gasteiger partial charge in [-0.3, -0.25) is 0 Å². The van der Waals surface area contributed by atoms with Crippen molar-refractivity contribution in [3.05, 3.63) is 58.6 Å². The van der Waals surface area contributed by atoms with Gasteiger partial charge >= 0.3 is 0 Å². The zero-order valence-electron chi connectivity index (χ0n) is 10.0. The molecule has 4 nitrogen and oxygen atoms in total. The molecule has 19 heavy (non-hydrogen) atoms. The van der Waals surface area contributed by atoms with E-state index in [1.54, 1.807) is 12.1 Å². The molecule has 0 bridgehead atoms. The first-order chi connectivity index (χ1) is 8.95. The fourth-order valence-corrected chi connectivity index (χ4v) is 2.64. The molecule has 2 aromatic rings. The largest absolute Gasteiger partial charge is 0.381 e. The Labute approximate surface area is 120 Å². The van der Waals surface area contributed by atoms with Crippen molar-refractivity contribution in [2.24, 2.45) is 5.14 Å². The molecule has 0 unspecified atom stereocenters.